The number of imide groups is 1. The molecule has 0 aliphatic carbocycles. The zero-order chi connectivity index (χ0) is 18.8. The lowest BCUT2D eigenvalue weighted by Gasteiger charge is -2.42. The van der Waals surface area contributed by atoms with Crippen molar-refractivity contribution in [2.75, 3.05) is 19.6 Å². The van der Waals surface area contributed by atoms with E-state index in [1.54, 1.807) is 0 Å². The number of nitrogens with zero attached hydrogens (tertiary/aromatic N) is 3. The highest BCUT2D eigenvalue weighted by Crippen LogP contribution is 2.22. The van der Waals surface area contributed by atoms with Crippen LogP contribution >= 0.6 is 0 Å². The summed E-state index contributed by atoms with van der Waals surface area (Å²) in [6.45, 7) is 5.31. The molecule has 2 aliphatic heterocycles. The van der Waals surface area contributed by atoms with Crippen LogP contribution in [0.1, 0.15) is 25.3 Å². The molecular formula is C22H25N3O2. The van der Waals surface area contributed by atoms with Crippen LogP contribution in [0, 0.1) is 0 Å². The maximum absolute atomic E-state index is 12.0. The van der Waals surface area contributed by atoms with Gasteiger partial charge in [0.25, 0.3) is 0 Å². The Labute approximate surface area is 160 Å². The van der Waals surface area contributed by atoms with E-state index in [0.29, 0.717) is 25.9 Å². The minimum Gasteiger partial charge on any atom is -0.294 e. The van der Waals surface area contributed by atoms with Crippen LogP contribution in [-0.2, 0) is 16.1 Å². The summed E-state index contributed by atoms with van der Waals surface area (Å²) in [5.74, 6) is -0.116. The normalized spacial score (nSPS) is 21.8. The molecule has 0 saturated carbocycles. The fourth-order valence-electron chi connectivity index (χ4n) is 3.94. The van der Waals surface area contributed by atoms with Crippen molar-refractivity contribution in [3.8, 4) is 11.1 Å². The first-order chi connectivity index (χ1) is 13.1. The number of amides is 2. The van der Waals surface area contributed by atoms with Crippen molar-refractivity contribution in [3.05, 3.63) is 60.2 Å². The Bertz CT molecular complexity index is 803. The molecule has 0 aromatic heterocycles. The first-order valence-electron chi connectivity index (χ1n) is 9.61. The van der Waals surface area contributed by atoms with Crippen LogP contribution in [0.2, 0.25) is 0 Å². The minimum atomic E-state index is -0.0582. The molecule has 1 unspecified atom stereocenters. The Hall–Kier alpha value is -2.50. The van der Waals surface area contributed by atoms with E-state index in [9.17, 15) is 9.59 Å². The molecule has 4 rings (SSSR count). The van der Waals surface area contributed by atoms with Crippen LogP contribution in [0.5, 0.6) is 0 Å². The van der Waals surface area contributed by atoms with E-state index < -0.39 is 0 Å². The molecule has 5 nitrogen and oxygen atoms in total. The molecule has 140 valence electrons. The van der Waals surface area contributed by atoms with Crippen molar-refractivity contribution < 1.29 is 9.59 Å². The average Bonchev–Trinajstić information content (AvgIpc) is 3.03. The van der Waals surface area contributed by atoms with Crippen molar-refractivity contribution in [3.63, 3.8) is 0 Å². The molecule has 2 aliphatic rings. The van der Waals surface area contributed by atoms with Crippen LogP contribution in [0.3, 0.4) is 0 Å². The van der Waals surface area contributed by atoms with E-state index in [1.165, 1.54) is 21.7 Å². The Morgan fingerprint density at radius 3 is 2.11 bits per heavy atom. The van der Waals surface area contributed by atoms with Gasteiger partial charge in [-0.1, -0.05) is 54.6 Å². The third-order valence-electron chi connectivity index (χ3n) is 5.50. The molecule has 5 heteroatoms. The van der Waals surface area contributed by atoms with Crippen LogP contribution in [0.4, 0.5) is 0 Å². The third kappa shape index (κ3) is 3.80. The van der Waals surface area contributed by atoms with Gasteiger partial charge in [-0.25, -0.2) is 10.0 Å². The monoisotopic (exact) mass is 363 g/mol. The topological polar surface area (TPSA) is 43.9 Å². The highest BCUT2D eigenvalue weighted by Gasteiger charge is 2.37. The Morgan fingerprint density at radius 2 is 1.48 bits per heavy atom. The van der Waals surface area contributed by atoms with Gasteiger partial charge in [0.2, 0.25) is 11.8 Å². The average molecular weight is 363 g/mol. The largest absolute Gasteiger partial charge is 0.294 e. The fraction of sp³-hybridized carbons (Fsp3) is 0.364. The zero-order valence-corrected chi connectivity index (χ0v) is 15.7. The molecule has 2 amide bonds. The van der Waals surface area contributed by atoms with Gasteiger partial charge in [0.05, 0.1) is 0 Å². The van der Waals surface area contributed by atoms with Gasteiger partial charge in [-0.3, -0.25) is 14.5 Å². The lowest BCUT2D eigenvalue weighted by Crippen LogP contribution is -2.58. The van der Waals surface area contributed by atoms with Crippen molar-refractivity contribution in [2.45, 2.75) is 32.4 Å². The van der Waals surface area contributed by atoms with Gasteiger partial charge in [-0.2, -0.15) is 0 Å². The molecule has 2 heterocycles. The smallest absolute Gasteiger partial charge is 0.244 e. The van der Waals surface area contributed by atoms with Crippen LogP contribution in [0.15, 0.2) is 54.6 Å². The van der Waals surface area contributed by atoms with Crippen molar-refractivity contribution in [1.82, 2.24) is 14.9 Å². The van der Waals surface area contributed by atoms with E-state index >= 15 is 0 Å². The second-order valence-corrected chi connectivity index (χ2v) is 7.39. The van der Waals surface area contributed by atoms with Crippen LogP contribution in [0.25, 0.3) is 11.1 Å². The number of hydrazine groups is 1. The van der Waals surface area contributed by atoms with E-state index in [4.69, 9.17) is 0 Å². The number of rotatable bonds is 4. The molecule has 0 radical (unpaired) electrons. The molecule has 2 fully saturated rings. The Balaban J connectivity index is 1.38. The summed E-state index contributed by atoms with van der Waals surface area (Å²) in [7, 11) is 0. The molecule has 0 spiro atoms. The number of piperazine rings is 1. The number of carbonyl (C=O) groups excluding carboxylic acids is 2. The molecule has 1 atom stereocenters. The fourth-order valence-corrected chi connectivity index (χ4v) is 3.94. The quantitative estimate of drug-likeness (QED) is 0.784. The summed E-state index contributed by atoms with van der Waals surface area (Å²) in [6.07, 6.45) is 0.697. The van der Waals surface area contributed by atoms with Crippen molar-refractivity contribution >= 4 is 11.8 Å². The maximum Gasteiger partial charge on any atom is 0.244 e. The number of hydrogen-bond donors (Lipinski definition) is 0. The van der Waals surface area contributed by atoms with Gasteiger partial charge in [-0.05, 0) is 23.6 Å². The predicted octanol–water partition coefficient (Wildman–Crippen LogP) is 2.92. The second kappa shape index (κ2) is 7.62. The van der Waals surface area contributed by atoms with Crippen LogP contribution < -0.4 is 0 Å². The molecule has 0 bridgehead atoms. The Morgan fingerprint density at radius 1 is 0.852 bits per heavy atom. The summed E-state index contributed by atoms with van der Waals surface area (Å²) in [5, 5.41) is 3.31. The minimum absolute atomic E-state index is 0.0582. The Kier molecular flexibility index (Phi) is 5.05. The predicted molar refractivity (Wildman–Crippen MR) is 104 cm³/mol. The first kappa shape index (κ1) is 17.9. The lowest BCUT2D eigenvalue weighted by atomic mass is 10.0. The molecule has 27 heavy (non-hydrogen) atoms. The molecule has 2 aromatic carbocycles. The summed E-state index contributed by atoms with van der Waals surface area (Å²) >= 11 is 0. The SMILES string of the molecule is CC1CN(N2C(=O)CCC2=O)CCN1Cc1ccc(-c2ccccc2)cc1. The van der Waals surface area contributed by atoms with E-state index in [0.717, 1.165) is 13.1 Å². The summed E-state index contributed by atoms with van der Waals surface area (Å²) < 4.78 is 0. The van der Waals surface area contributed by atoms with Gasteiger partial charge in [0.15, 0.2) is 0 Å². The first-order valence-corrected chi connectivity index (χ1v) is 9.61. The van der Waals surface area contributed by atoms with E-state index in [1.807, 2.05) is 11.1 Å². The zero-order valence-electron chi connectivity index (χ0n) is 15.7. The second-order valence-electron chi connectivity index (χ2n) is 7.39. The summed E-state index contributed by atoms with van der Waals surface area (Å²) in [6, 6.07) is 19.4. The number of carbonyl (C=O) groups is 2. The van der Waals surface area contributed by atoms with Crippen LogP contribution in [-0.4, -0.2) is 52.4 Å². The number of hydrogen-bond acceptors (Lipinski definition) is 4. The van der Waals surface area contributed by atoms with Gasteiger partial charge in [0.1, 0.15) is 0 Å². The standard InChI is InChI=1S/C22H25N3O2/c1-17-15-24(25-21(26)11-12-22(25)27)14-13-23(17)16-18-7-9-20(10-8-18)19-5-3-2-4-6-19/h2-10,17H,11-16H2,1H3. The molecular weight excluding hydrogens is 338 g/mol. The van der Waals surface area contributed by atoms with Gasteiger partial charge < -0.3 is 0 Å². The molecule has 0 N–H and O–H groups in total. The van der Waals surface area contributed by atoms with Gasteiger partial charge >= 0.3 is 0 Å². The number of benzene rings is 2. The summed E-state index contributed by atoms with van der Waals surface area (Å²) in [5.41, 5.74) is 3.73. The van der Waals surface area contributed by atoms with Gasteiger partial charge in [-0.15, -0.1) is 0 Å². The van der Waals surface area contributed by atoms with E-state index in [2.05, 4.69) is 60.4 Å². The lowest BCUT2D eigenvalue weighted by molar-refractivity contribution is -0.162. The molecule has 2 aromatic rings. The third-order valence-corrected chi connectivity index (χ3v) is 5.50. The highest BCUT2D eigenvalue weighted by atomic mass is 16.2. The van der Waals surface area contributed by atoms with Gasteiger partial charge in [0, 0.05) is 45.1 Å². The van der Waals surface area contributed by atoms with Crippen molar-refractivity contribution in [1.29, 1.82) is 0 Å². The maximum atomic E-state index is 12.0. The van der Waals surface area contributed by atoms with Crippen molar-refractivity contribution in [2.24, 2.45) is 0 Å². The van der Waals surface area contributed by atoms with E-state index in [-0.39, 0.29) is 17.9 Å². The highest BCUT2D eigenvalue weighted by molar-refractivity contribution is 6.01. The summed E-state index contributed by atoms with van der Waals surface area (Å²) in [4.78, 5) is 26.3. The molecule has 2 saturated heterocycles.